The summed E-state index contributed by atoms with van der Waals surface area (Å²) in [7, 11) is 0. The Labute approximate surface area is 154 Å². The average Bonchev–Trinajstić information content (AvgIpc) is 3.33. The zero-order valence-corrected chi connectivity index (χ0v) is 14.4. The van der Waals surface area contributed by atoms with Gasteiger partial charge in [0.2, 0.25) is 0 Å². The summed E-state index contributed by atoms with van der Waals surface area (Å²) in [4.78, 5) is 0. The number of ether oxygens (including phenoxy) is 2. The summed E-state index contributed by atoms with van der Waals surface area (Å²) in [5.41, 5.74) is 11.2. The number of hydrogen-bond donors (Lipinski definition) is 4. The van der Waals surface area contributed by atoms with Gasteiger partial charge in [0.05, 0.1) is 36.5 Å². The molecule has 8 nitrogen and oxygen atoms in total. The molecule has 0 bridgehead atoms. The summed E-state index contributed by atoms with van der Waals surface area (Å²) in [6, 6.07) is 10.2. The highest BCUT2D eigenvalue weighted by molar-refractivity contribution is 5.90. The Morgan fingerprint density at radius 1 is 1.00 bits per heavy atom. The van der Waals surface area contributed by atoms with Crippen molar-refractivity contribution < 1.29 is 9.47 Å². The summed E-state index contributed by atoms with van der Waals surface area (Å²) in [6.45, 7) is 1.15. The average molecular weight is 362 g/mol. The smallest absolute Gasteiger partial charge is 0.153 e. The predicted octanol–water partition coefficient (Wildman–Crippen LogP) is 2.64. The molecule has 0 radical (unpaired) electrons. The van der Waals surface area contributed by atoms with E-state index in [2.05, 4.69) is 43.9 Å². The molecule has 2 aliphatic rings. The molecule has 0 aliphatic carbocycles. The molecule has 6 rings (SSSR count). The molecule has 1 fully saturated rings. The number of aromatic amines is 2. The molecule has 27 heavy (non-hydrogen) atoms. The first-order valence-corrected chi connectivity index (χ1v) is 8.99. The molecule has 0 unspecified atom stereocenters. The second-order valence-corrected chi connectivity index (χ2v) is 7.02. The fourth-order valence-electron chi connectivity index (χ4n) is 4.30. The van der Waals surface area contributed by atoms with Gasteiger partial charge in [0.25, 0.3) is 0 Å². The van der Waals surface area contributed by atoms with E-state index in [-0.39, 0.29) is 18.2 Å². The van der Waals surface area contributed by atoms with Gasteiger partial charge in [-0.1, -0.05) is 6.07 Å². The fourth-order valence-corrected chi connectivity index (χ4v) is 4.30. The maximum Gasteiger partial charge on any atom is 0.153 e. The van der Waals surface area contributed by atoms with E-state index in [1.54, 1.807) is 0 Å². The number of benzene rings is 2. The molecule has 2 aliphatic heterocycles. The van der Waals surface area contributed by atoms with Crippen LogP contribution >= 0.6 is 0 Å². The van der Waals surface area contributed by atoms with Crippen LogP contribution in [0.5, 0.6) is 0 Å². The number of nitrogen functional groups attached to an aromatic ring is 1. The lowest BCUT2D eigenvalue weighted by atomic mass is 9.86. The van der Waals surface area contributed by atoms with Gasteiger partial charge in [0.15, 0.2) is 5.82 Å². The molecular formula is C19H18N6O2. The number of nitrogens with one attached hydrogen (secondary N) is 3. The van der Waals surface area contributed by atoms with Crippen LogP contribution < -0.4 is 11.1 Å². The number of nitrogens with two attached hydrogens (primary N) is 1. The van der Waals surface area contributed by atoms with E-state index in [1.807, 2.05) is 18.3 Å². The van der Waals surface area contributed by atoms with Crippen LogP contribution in [0.25, 0.3) is 21.8 Å². The van der Waals surface area contributed by atoms with Gasteiger partial charge in [-0.2, -0.15) is 10.2 Å². The van der Waals surface area contributed by atoms with E-state index in [0.29, 0.717) is 19.0 Å². The van der Waals surface area contributed by atoms with Gasteiger partial charge >= 0.3 is 0 Å². The van der Waals surface area contributed by atoms with E-state index >= 15 is 0 Å². The van der Waals surface area contributed by atoms with Crippen molar-refractivity contribution in [2.45, 2.75) is 18.2 Å². The van der Waals surface area contributed by atoms with Gasteiger partial charge in [0, 0.05) is 22.0 Å². The lowest BCUT2D eigenvalue weighted by Gasteiger charge is -2.43. The number of H-pyrrole nitrogens is 2. The van der Waals surface area contributed by atoms with Crippen LogP contribution in [0.4, 0.5) is 11.5 Å². The standard InChI is InChI=1S/C19H18N6O2/c20-19-10-7-9(1-2-12(10)24-25-19)16-18-17(26-5-6-27-18)15-11-8-21-23-13(11)3-4-14(15)22-16/h1-4,7-8,16-18,22H,5-6H2,(H,21,23)(H3,20,24,25)/t16-,17+,18-/m0/s1. The second kappa shape index (κ2) is 5.45. The number of rotatable bonds is 1. The highest BCUT2D eigenvalue weighted by Crippen LogP contribution is 2.46. The summed E-state index contributed by atoms with van der Waals surface area (Å²) < 4.78 is 12.4. The van der Waals surface area contributed by atoms with Crippen molar-refractivity contribution in [2.24, 2.45) is 0 Å². The Bertz CT molecular complexity index is 1170. The minimum absolute atomic E-state index is 0.0501. The van der Waals surface area contributed by atoms with Gasteiger partial charge in [-0.3, -0.25) is 10.2 Å². The summed E-state index contributed by atoms with van der Waals surface area (Å²) in [5, 5.41) is 19.9. The molecule has 0 saturated carbocycles. The minimum Gasteiger partial charge on any atom is -0.382 e. The maximum absolute atomic E-state index is 6.18. The van der Waals surface area contributed by atoms with Crippen LogP contribution in [-0.2, 0) is 9.47 Å². The molecule has 2 aromatic carbocycles. The molecule has 1 saturated heterocycles. The minimum atomic E-state index is -0.154. The summed E-state index contributed by atoms with van der Waals surface area (Å²) in [5.74, 6) is 0.500. The molecular weight excluding hydrogens is 344 g/mol. The normalized spacial score (nSPS) is 24.5. The lowest BCUT2D eigenvalue weighted by Crippen LogP contribution is -2.43. The molecule has 4 heterocycles. The van der Waals surface area contributed by atoms with Gasteiger partial charge in [-0.15, -0.1) is 0 Å². The first-order valence-electron chi connectivity index (χ1n) is 8.99. The van der Waals surface area contributed by atoms with E-state index in [4.69, 9.17) is 15.2 Å². The zero-order valence-electron chi connectivity index (χ0n) is 14.4. The molecule has 3 atom stereocenters. The van der Waals surface area contributed by atoms with Crippen molar-refractivity contribution in [3.05, 3.63) is 47.7 Å². The maximum atomic E-state index is 6.18. The van der Waals surface area contributed by atoms with Crippen LogP contribution in [-0.4, -0.2) is 39.7 Å². The number of nitrogens with zero attached hydrogens (tertiary/aromatic N) is 2. The third-order valence-corrected chi connectivity index (χ3v) is 5.55. The van der Waals surface area contributed by atoms with Crippen molar-refractivity contribution in [1.82, 2.24) is 20.4 Å². The van der Waals surface area contributed by atoms with Crippen LogP contribution in [0.1, 0.15) is 23.3 Å². The molecule has 5 N–H and O–H groups in total. The second-order valence-electron chi connectivity index (χ2n) is 7.02. The van der Waals surface area contributed by atoms with Crippen LogP contribution in [0.2, 0.25) is 0 Å². The quantitative estimate of drug-likeness (QED) is 0.414. The molecule has 0 amide bonds. The number of anilines is 2. The van der Waals surface area contributed by atoms with Crippen molar-refractivity contribution in [3.63, 3.8) is 0 Å². The van der Waals surface area contributed by atoms with E-state index < -0.39 is 0 Å². The van der Waals surface area contributed by atoms with E-state index in [0.717, 1.165) is 38.6 Å². The van der Waals surface area contributed by atoms with Gasteiger partial charge in [-0.05, 0) is 29.8 Å². The van der Waals surface area contributed by atoms with Crippen molar-refractivity contribution >= 4 is 33.3 Å². The molecule has 4 aromatic rings. The highest BCUT2D eigenvalue weighted by Gasteiger charge is 2.42. The first-order chi connectivity index (χ1) is 13.3. The Balaban J connectivity index is 1.52. The van der Waals surface area contributed by atoms with Gasteiger partial charge in [0.1, 0.15) is 12.2 Å². The Morgan fingerprint density at radius 2 is 1.85 bits per heavy atom. The van der Waals surface area contributed by atoms with Crippen LogP contribution in [0.15, 0.2) is 36.5 Å². The van der Waals surface area contributed by atoms with Gasteiger partial charge < -0.3 is 20.5 Å². The van der Waals surface area contributed by atoms with Crippen LogP contribution in [0.3, 0.4) is 0 Å². The van der Waals surface area contributed by atoms with E-state index in [9.17, 15) is 0 Å². The number of hydrogen-bond acceptors (Lipinski definition) is 6. The Morgan fingerprint density at radius 3 is 2.81 bits per heavy atom. The topological polar surface area (TPSA) is 114 Å². The third kappa shape index (κ3) is 2.11. The fraction of sp³-hybridized carbons (Fsp3) is 0.263. The summed E-state index contributed by atoms with van der Waals surface area (Å²) >= 11 is 0. The SMILES string of the molecule is Nc1n[nH]c2ccc([C@@H]3Nc4ccc5[nH]ncc5c4[C@H]4OCCO[C@H]43)cc12. The monoisotopic (exact) mass is 362 g/mol. The van der Waals surface area contributed by atoms with Crippen molar-refractivity contribution in [3.8, 4) is 0 Å². The van der Waals surface area contributed by atoms with Gasteiger partial charge in [-0.25, -0.2) is 0 Å². The Kier molecular flexibility index (Phi) is 3.03. The highest BCUT2D eigenvalue weighted by atomic mass is 16.6. The molecule has 8 heteroatoms. The Hall–Kier alpha value is -3.10. The van der Waals surface area contributed by atoms with Crippen molar-refractivity contribution in [1.29, 1.82) is 0 Å². The van der Waals surface area contributed by atoms with Crippen molar-refractivity contribution in [2.75, 3.05) is 24.3 Å². The van der Waals surface area contributed by atoms with Crippen LogP contribution in [0, 0.1) is 0 Å². The third-order valence-electron chi connectivity index (χ3n) is 5.55. The summed E-state index contributed by atoms with van der Waals surface area (Å²) in [6.07, 6.45) is 1.56. The molecule has 2 aromatic heterocycles. The first kappa shape index (κ1) is 15.0. The molecule has 0 spiro atoms. The largest absolute Gasteiger partial charge is 0.382 e. The van der Waals surface area contributed by atoms with E-state index in [1.165, 1.54) is 0 Å². The molecule has 136 valence electrons. The number of aromatic nitrogens is 4. The lowest BCUT2D eigenvalue weighted by molar-refractivity contribution is -0.150. The number of fused-ring (bicyclic) bond motifs is 6. The zero-order chi connectivity index (χ0) is 18.0. The predicted molar refractivity (Wildman–Crippen MR) is 101 cm³/mol.